The van der Waals surface area contributed by atoms with Gasteiger partial charge in [-0.3, -0.25) is 0 Å². The highest BCUT2D eigenvalue weighted by molar-refractivity contribution is 7.89. The van der Waals surface area contributed by atoms with Crippen LogP contribution in [0.25, 0.3) is 5.69 Å². The van der Waals surface area contributed by atoms with Crippen LogP contribution in [0.5, 0.6) is 0 Å². The van der Waals surface area contributed by atoms with Gasteiger partial charge in [-0.1, -0.05) is 18.1 Å². The van der Waals surface area contributed by atoms with Crippen LogP contribution in [0.4, 0.5) is 13.2 Å². The summed E-state index contributed by atoms with van der Waals surface area (Å²) in [5.74, 6) is -2.75. The second kappa shape index (κ2) is 9.49. The van der Waals surface area contributed by atoms with Crippen LogP contribution in [0.1, 0.15) is 36.9 Å². The lowest BCUT2D eigenvalue weighted by Gasteiger charge is -2.30. The molecule has 2 aliphatic carbocycles. The van der Waals surface area contributed by atoms with Crippen LogP contribution >= 0.6 is 0 Å². The average molecular weight is 518 g/mol. The van der Waals surface area contributed by atoms with E-state index in [0.717, 1.165) is 46.2 Å². The molecule has 2 aliphatic rings. The van der Waals surface area contributed by atoms with Crippen LogP contribution in [0, 0.1) is 23.4 Å². The van der Waals surface area contributed by atoms with E-state index in [1.165, 1.54) is 23.3 Å². The van der Waals surface area contributed by atoms with Crippen molar-refractivity contribution in [2.24, 2.45) is 5.92 Å². The van der Waals surface area contributed by atoms with Gasteiger partial charge in [0.05, 0.1) is 29.1 Å². The van der Waals surface area contributed by atoms with Gasteiger partial charge in [0.25, 0.3) is 0 Å². The molecule has 1 heterocycles. The minimum absolute atomic E-state index is 0.00685. The standard InChI is InChI=1S/C26H26F3N3O3S/c1-16-22-14-30-32(20-6-4-19(27)5-7-20)25(22)12-17-2-3-18(26(16)17)15-31(10-11-33)36(34,35)21-8-9-23(28)24(29)13-21/h4-9,13-14,16,18,33H,2-3,10-12,15H2,1H3/t16-,18+/m0/s1. The van der Waals surface area contributed by atoms with Crippen molar-refractivity contribution in [2.75, 3.05) is 19.7 Å². The van der Waals surface area contributed by atoms with E-state index < -0.39 is 28.3 Å². The molecule has 36 heavy (non-hydrogen) atoms. The van der Waals surface area contributed by atoms with Crippen molar-refractivity contribution in [3.8, 4) is 5.69 Å². The molecule has 0 saturated heterocycles. The van der Waals surface area contributed by atoms with E-state index in [9.17, 15) is 26.7 Å². The summed E-state index contributed by atoms with van der Waals surface area (Å²) in [7, 11) is -4.14. The number of hydrogen-bond acceptors (Lipinski definition) is 4. The minimum Gasteiger partial charge on any atom is -0.395 e. The van der Waals surface area contributed by atoms with Gasteiger partial charge in [0.15, 0.2) is 11.6 Å². The molecule has 6 nitrogen and oxygen atoms in total. The molecule has 0 saturated carbocycles. The third kappa shape index (κ3) is 4.27. The molecule has 0 radical (unpaired) electrons. The number of aliphatic hydroxyl groups excluding tert-OH is 1. The van der Waals surface area contributed by atoms with Crippen LogP contribution in [0.3, 0.4) is 0 Å². The van der Waals surface area contributed by atoms with Gasteiger partial charge in [0, 0.05) is 31.0 Å². The number of hydrogen-bond donors (Lipinski definition) is 1. The zero-order chi connectivity index (χ0) is 25.6. The molecule has 3 aromatic rings. The second-order valence-electron chi connectivity index (χ2n) is 9.29. The van der Waals surface area contributed by atoms with Gasteiger partial charge in [-0.05, 0) is 61.2 Å². The van der Waals surface area contributed by atoms with Crippen LogP contribution < -0.4 is 0 Å². The van der Waals surface area contributed by atoms with Gasteiger partial charge >= 0.3 is 0 Å². The van der Waals surface area contributed by atoms with E-state index in [4.69, 9.17) is 0 Å². The van der Waals surface area contributed by atoms with Gasteiger partial charge in [-0.25, -0.2) is 26.3 Å². The van der Waals surface area contributed by atoms with Crippen LogP contribution in [-0.2, 0) is 16.4 Å². The minimum atomic E-state index is -4.14. The average Bonchev–Trinajstić information content (AvgIpc) is 3.46. The molecule has 190 valence electrons. The lowest BCUT2D eigenvalue weighted by molar-refractivity contribution is 0.243. The lowest BCUT2D eigenvalue weighted by atomic mass is 9.80. The maximum Gasteiger partial charge on any atom is 0.243 e. The summed E-state index contributed by atoms with van der Waals surface area (Å²) in [5.41, 5.74) is 5.26. The fourth-order valence-electron chi connectivity index (χ4n) is 5.53. The Balaban J connectivity index is 1.43. The highest BCUT2D eigenvalue weighted by atomic mass is 32.2. The molecule has 0 spiro atoms. The van der Waals surface area contributed by atoms with Gasteiger partial charge in [0.2, 0.25) is 10.0 Å². The van der Waals surface area contributed by atoms with Gasteiger partial charge in [0.1, 0.15) is 5.82 Å². The lowest BCUT2D eigenvalue weighted by Crippen LogP contribution is -2.38. The molecule has 0 unspecified atom stereocenters. The molecule has 0 amide bonds. The Labute approximate surface area is 207 Å². The number of allylic oxidation sites excluding steroid dienone is 1. The highest BCUT2D eigenvalue weighted by Gasteiger charge is 2.38. The first-order valence-electron chi connectivity index (χ1n) is 11.8. The van der Waals surface area contributed by atoms with Crippen molar-refractivity contribution >= 4 is 10.0 Å². The Hall–Kier alpha value is -2.95. The number of aliphatic hydroxyl groups is 1. The van der Waals surface area contributed by atoms with E-state index in [1.807, 2.05) is 10.9 Å². The number of nitrogens with zero attached hydrogens (tertiary/aromatic N) is 3. The van der Waals surface area contributed by atoms with E-state index >= 15 is 0 Å². The maximum absolute atomic E-state index is 13.8. The maximum atomic E-state index is 13.8. The number of sulfonamides is 1. The first-order chi connectivity index (χ1) is 17.2. The molecule has 0 aliphatic heterocycles. The smallest absolute Gasteiger partial charge is 0.243 e. The van der Waals surface area contributed by atoms with Crippen LogP contribution in [-0.4, -0.2) is 47.3 Å². The zero-order valence-electron chi connectivity index (χ0n) is 19.7. The fraction of sp³-hybridized carbons (Fsp3) is 0.346. The molecule has 0 bridgehead atoms. The summed E-state index contributed by atoms with van der Waals surface area (Å²) in [4.78, 5) is -0.346. The summed E-state index contributed by atoms with van der Waals surface area (Å²) >= 11 is 0. The topological polar surface area (TPSA) is 75.4 Å². The van der Waals surface area contributed by atoms with Crippen molar-refractivity contribution in [2.45, 2.75) is 37.0 Å². The van der Waals surface area contributed by atoms with Crippen molar-refractivity contribution < 1.29 is 26.7 Å². The molecule has 5 rings (SSSR count). The molecule has 1 N–H and O–H groups in total. The van der Waals surface area contributed by atoms with Gasteiger partial charge in [-0.2, -0.15) is 9.40 Å². The summed E-state index contributed by atoms with van der Waals surface area (Å²) < 4.78 is 70.1. The normalized spacial score (nSPS) is 19.6. The molecule has 2 aromatic carbocycles. The fourth-order valence-corrected chi connectivity index (χ4v) is 7.02. The zero-order valence-corrected chi connectivity index (χ0v) is 20.5. The highest BCUT2D eigenvalue weighted by Crippen LogP contribution is 2.47. The number of aromatic nitrogens is 2. The molecule has 0 fully saturated rings. The predicted molar refractivity (Wildman–Crippen MR) is 128 cm³/mol. The number of halogens is 3. The Morgan fingerprint density at radius 3 is 2.56 bits per heavy atom. The van der Waals surface area contributed by atoms with E-state index in [-0.39, 0.29) is 35.6 Å². The quantitative estimate of drug-likeness (QED) is 0.473. The van der Waals surface area contributed by atoms with Crippen LogP contribution in [0.15, 0.2) is 64.7 Å². The Kier molecular flexibility index (Phi) is 6.52. The van der Waals surface area contributed by atoms with Gasteiger partial charge in [-0.15, -0.1) is 0 Å². The summed E-state index contributed by atoms with van der Waals surface area (Å²) in [6.07, 6.45) is 4.03. The summed E-state index contributed by atoms with van der Waals surface area (Å²) in [6.45, 7) is 1.66. The largest absolute Gasteiger partial charge is 0.395 e. The SMILES string of the molecule is C[C@@H]1C2=C(CC[C@@H]2CN(CCO)S(=O)(=O)c2ccc(F)c(F)c2)Cc2c1cnn2-c1ccc(F)cc1. The van der Waals surface area contributed by atoms with Crippen molar-refractivity contribution in [1.82, 2.24) is 14.1 Å². The van der Waals surface area contributed by atoms with Crippen molar-refractivity contribution in [3.05, 3.63) is 88.5 Å². The second-order valence-corrected chi connectivity index (χ2v) is 11.2. The summed E-state index contributed by atoms with van der Waals surface area (Å²) in [6, 6.07) is 8.67. The molecule has 2 atom stereocenters. The molecular formula is C26H26F3N3O3S. The Morgan fingerprint density at radius 1 is 1.11 bits per heavy atom. The molecule has 10 heteroatoms. The van der Waals surface area contributed by atoms with E-state index in [0.29, 0.717) is 12.5 Å². The Morgan fingerprint density at radius 2 is 1.86 bits per heavy atom. The number of fused-ring (bicyclic) bond motifs is 1. The molecule has 1 aromatic heterocycles. The predicted octanol–water partition coefficient (Wildman–Crippen LogP) is 4.34. The van der Waals surface area contributed by atoms with Gasteiger partial charge < -0.3 is 5.11 Å². The van der Waals surface area contributed by atoms with Crippen molar-refractivity contribution in [1.29, 1.82) is 0 Å². The third-order valence-electron chi connectivity index (χ3n) is 7.23. The Bertz CT molecular complexity index is 1430. The number of benzene rings is 2. The van der Waals surface area contributed by atoms with Crippen molar-refractivity contribution in [3.63, 3.8) is 0 Å². The third-order valence-corrected chi connectivity index (χ3v) is 9.09. The van der Waals surface area contributed by atoms with E-state index in [1.54, 1.807) is 12.1 Å². The van der Waals surface area contributed by atoms with Crippen LogP contribution in [0.2, 0.25) is 0 Å². The monoisotopic (exact) mass is 517 g/mol. The first-order valence-corrected chi connectivity index (χ1v) is 13.2. The van der Waals surface area contributed by atoms with E-state index in [2.05, 4.69) is 12.0 Å². The number of rotatable bonds is 7. The summed E-state index contributed by atoms with van der Waals surface area (Å²) in [5, 5.41) is 14.1. The molecular weight excluding hydrogens is 491 g/mol. The first kappa shape index (κ1) is 24.7.